The molecule has 0 spiro atoms. The Morgan fingerprint density at radius 1 is 1.26 bits per heavy atom. The van der Waals surface area contributed by atoms with Crippen molar-refractivity contribution in [3.05, 3.63) is 40.5 Å². The first-order valence-electron chi connectivity index (χ1n) is 6.21. The zero-order valence-corrected chi connectivity index (χ0v) is 11.2. The molecule has 0 atom stereocenters. The molecule has 0 unspecified atom stereocenters. The normalized spacial score (nSPS) is 15.5. The van der Waals surface area contributed by atoms with Crippen LogP contribution in [0.25, 0.3) is 0 Å². The van der Waals surface area contributed by atoms with Crippen molar-refractivity contribution >= 4 is 22.9 Å². The van der Waals surface area contributed by atoms with E-state index in [1.165, 1.54) is 11.3 Å². The molecule has 1 aliphatic rings. The van der Waals surface area contributed by atoms with E-state index in [1.807, 2.05) is 11.4 Å². The number of hydrogen-bond acceptors (Lipinski definition) is 6. The number of pyridine rings is 1. The summed E-state index contributed by atoms with van der Waals surface area (Å²) in [7, 11) is 0. The van der Waals surface area contributed by atoms with Crippen molar-refractivity contribution in [1.82, 2.24) is 15.3 Å². The van der Waals surface area contributed by atoms with Crippen molar-refractivity contribution < 1.29 is 4.79 Å². The predicted molar refractivity (Wildman–Crippen MR) is 74.9 cm³/mol. The van der Waals surface area contributed by atoms with E-state index >= 15 is 0 Å². The lowest BCUT2D eigenvalue weighted by atomic mass is 10.1. The molecule has 0 saturated carbocycles. The van der Waals surface area contributed by atoms with Gasteiger partial charge in [-0.05, 0) is 12.1 Å². The zero-order chi connectivity index (χ0) is 13.1. The Morgan fingerprint density at radius 3 is 2.84 bits per heavy atom. The molecule has 3 rings (SSSR count). The summed E-state index contributed by atoms with van der Waals surface area (Å²) in [6.07, 6.45) is 3.38. The van der Waals surface area contributed by atoms with Crippen molar-refractivity contribution in [2.45, 2.75) is 0 Å². The Morgan fingerprint density at radius 2 is 2.11 bits per heavy atom. The fourth-order valence-electron chi connectivity index (χ4n) is 2.15. The highest BCUT2D eigenvalue weighted by Crippen LogP contribution is 2.21. The monoisotopic (exact) mass is 274 g/mol. The largest absolute Gasteiger partial charge is 0.353 e. The molecule has 0 aromatic carbocycles. The minimum Gasteiger partial charge on any atom is -0.353 e. The number of carbonyl (C=O) groups excluding carboxylic acids is 1. The molecular formula is C13H14N4OS. The molecule has 6 heteroatoms. The van der Waals surface area contributed by atoms with Gasteiger partial charge in [0.2, 0.25) is 5.78 Å². The molecule has 0 aliphatic carbocycles. The highest BCUT2D eigenvalue weighted by Gasteiger charge is 2.21. The summed E-state index contributed by atoms with van der Waals surface area (Å²) in [6, 6.07) is 3.63. The number of nitrogens with zero attached hydrogens (tertiary/aromatic N) is 3. The molecule has 98 valence electrons. The van der Waals surface area contributed by atoms with Gasteiger partial charge in [-0.15, -0.1) is 11.3 Å². The van der Waals surface area contributed by atoms with E-state index in [0.29, 0.717) is 10.6 Å². The minimum atomic E-state index is -0.0448. The maximum Gasteiger partial charge on any atom is 0.225 e. The summed E-state index contributed by atoms with van der Waals surface area (Å²) < 4.78 is 0. The molecule has 2 aromatic rings. The van der Waals surface area contributed by atoms with Crippen LogP contribution in [0.2, 0.25) is 0 Å². The van der Waals surface area contributed by atoms with Crippen LogP contribution in [-0.4, -0.2) is 41.9 Å². The van der Waals surface area contributed by atoms with Gasteiger partial charge < -0.3 is 10.2 Å². The fourth-order valence-corrected chi connectivity index (χ4v) is 2.74. The quantitative estimate of drug-likeness (QED) is 0.852. The molecule has 1 N–H and O–H groups in total. The molecule has 0 amide bonds. The van der Waals surface area contributed by atoms with Crippen LogP contribution < -0.4 is 10.2 Å². The number of ketones is 1. The molecule has 1 fully saturated rings. The van der Waals surface area contributed by atoms with E-state index in [2.05, 4.69) is 20.2 Å². The first kappa shape index (κ1) is 12.3. The van der Waals surface area contributed by atoms with Crippen LogP contribution in [0.3, 0.4) is 0 Å². The number of nitrogens with one attached hydrogen (secondary N) is 1. The Hall–Kier alpha value is -1.79. The lowest BCUT2D eigenvalue weighted by Crippen LogP contribution is -2.44. The van der Waals surface area contributed by atoms with Gasteiger partial charge in [0, 0.05) is 44.0 Å². The Labute approximate surface area is 115 Å². The number of aromatic nitrogens is 2. The number of anilines is 1. The Kier molecular flexibility index (Phi) is 3.52. The highest BCUT2D eigenvalue weighted by atomic mass is 32.1. The summed E-state index contributed by atoms with van der Waals surface area (Å²) in [4.78, 5) is 23.1. The van der Waals surface area contributed by atoms with Crippen LogP contribution in [0.5, 0.6) is 0 Å². The average Bonchev–Trinajstić information content (AvgIpc) is 3.02. The predicted octanol–water partition coefficient (Wildman–Crippen LogP) is 1.18. The van der Waals surface area contributed by atoms with E-state index in [9.17, 15) is 4.79 Å². The van der Waals surface area contributed by atoms with Gasteiger partial charge in [-0.1, -0.05) is 0 Å². The van der Waals surface area contributed by atoms with Crippen molar-refractivity contribution in [3.63, 3.8) is 0 Å². The highest BCUT2D eigenvalue weighted by molar-refractivity contribution is 7.11. The first-order chi connectivity index (χ1) is 9.36. The maximum absolute atomic E-state index is 12.4. The lowest BCUT2D eigenvalue weighted by Gasteiger charge is -2.29. The van der Waals surface area contributed by atoms with Gasteiger partial charge in [0.1, 0.15) is 5.82 Å². The SMILES string of the molecule is O=C(c1nccs1)c1cccnc1N1CCNCC1. The second-order valence-corrected chi connectivity index (χ2v) is 5.17. The third kappa shape index (κ3) is 2.50. The molecule has 5 nitrogen and oxygen atoms in total. The third-order valence-corrected chi connectivity index (χ3v) is 3.85. The van der Waals surface area contributed by atoms with Crippen molar-refractivity contribution in [2.75, 3.05) is 31.1 Å². The smallest absolute Gasteiger partial charge is 0.225 e. The van der Waals surface area contributed by atoms with Crippen LogP contribution in [0.1, 0.15) is 15.4 Å². The number of thiazole rings is 1. The van der Waals surface area contributed by atoms with E-state index in [1.54, 1.807) is 18.5 Å². The van der Waals surface area contributed by atoms with Crippen molar-refractivity contribution in [3.8, 4) is 0 Å². The van der Waals surface area contributed by atoms with E-state index < -0.39 is 0 Å². The fraction of sp³-hybridized carbons (Fsp3) is 0.308. The van der Waals surface area contributed by atoms with Crippen LogP contribution in [0, 0.1) is 0 Å². The average molecular weight is 274 g/mol. The maximum atomic E-state index is 12.4. The molecule has 0 radical (unpaired) electrons. The number of piperazine rings is 1. The van der Waals surface area contributed by atoms with Crippen LogP contribution in [0.4, 0.5) is 5.82 Å². The van der Waals surface area contributed by atoms with Crippen molar-refractivity contribution in [2.24, 2.45) is 0 Å². The second kappa shape index (κ2) is 5.46. The van der Waals surface area contributed by atoms with Crippen LogP contribution in [0.15, 0.2) is 29.9 Å². The van der Waals surface area contributed by atoms with Crippen LogP contribution in [-0.2, 0) is 0 Å². The number of carbonyl (C=O) groups is 1. The summed E-state index contributed by atoms with van der Waals surface area (Å²) >= 11 is 1.36. The van der Waals surface area contributed by atoms with E-state index in [-0.39, 0.29) is 5.78 Å². The second-order valence-electron chi connectivity index (χ2n) is 4.28. The number of rotatable bonds is 3. The molecule has 2 aromatic heterocycles. The first-order valence-corrected chi connectivity index (χ1v) is 7.09. The lowest BCUT2D eigenvalue weighted by molar-refractivity contribution is 0.103. The Bertz CT molecular complexity index is 564. The summed E-state index contributed by atoms with van der Waals surface area (Å²) in [5.41, 5.74) is 0.638. The van der Waals surface area contributed by atoms with Gasteiger partial charge in [0.25, 0.3) is 0 Å². The molecular weight excluding hydrogens is 260 g/mol. The third-order valence-electron chi connectivity index (χ3n) is 3.07. The molecule has 1 aliphatic heterocycles. The summed E-state index contributed by atoms with van der Waals surface area (Å²) in [5, 5.41) is 5.63. The van der Waals surface area contributed by atoms with Gasteiger partial charge >= 0.3 is 0 Å². The Balaban J connectivity index is 1.95. The molecule has 3 heterocycles. The zero-order valence-electron chi connectivity index (χ0n) is 10.4. The van der Waals surface area contributed by atoms with E-state index in [4.69, 9.17) is 0 Å². The van der Waals surface area contributed by atoms with Gasteiger partial charge in [-0.3, -0.25) is 4.79 Å². The standard InChI is InChI=1S/C13H14N4OS/c18-11(13-16-6-9-19-13)10-2-1-3-15-12(10)17-7-4-14-5-8-17/h1-3,6,9,14H,4-5,7-8H2. The number of hydrogen-bond donors (Lipinski definition) is 1. The minimum absolute atomic E-state index is 0.0448. The summed E-state index contributed by atoms with van der Waals surface area (Å²) in [6.45, 7) is 3.58. The van der Waals surface area contributed by atoms with Crippen molar-refractivity contribution in [1.29, 1.82) is 0 Å². The molecule has 19 heavy (non-hydrogen) atoms. The van der Waals surface area contributed by atoms with Gasteiger partial charge in [0.05, 0.1) is 5.56 Å². The molecule has 0 bridgehead atoms. The van der Waals surface area contributed by atoms with Gasteiger partial charge in [0.15, 0.2) is 5.01 Å². The van der Waals surface area contributed by atoms with Crippen LogP contribution >= 0.6 is 11.3 Å². The van der Waals surface area contributed by atoms with Gasteiger partial charge in [-0.25, -0.2) is 9.97 Å². The van der Waals surface area contributed by atoms with Gasteiger partial charge in [-0.2, -0.15) is 0 Å². The molecule has 1 saturated heterocycles. The summed E-state index contributed by atoms with van der Waals surface area (Å²) in [5.74, 6) is 0.723. The van der Waals surface area contributed by atoms with E-state index in [0.717, 1.165) is 32.0 Å². The topological polar surface area (TPSA) is 58.1 Å².